The number of pyridine rings is 2. The number of anilines is 1. The third-order valence-electron chi connectivity index (χ3n) is 4.52. The highest BCUT2D eigenvalue weighted by molar-refractivity contribution is 7.91. The van der Waals surface area contributed by atoms with Crippen LogP contribution in [0.4, 0.5) is 5.69 Å². The Bertz CT molecular complexity index is 1050. The highest BCUT2D eigenvalue weighted by atomic mass is 32.2. The number of thiophene rings is 1. The summed E-state index contributed by atoms with van der Waals surface area (Å²) in [6, 6.07) is 8.13. The van der Waals surface area contributed by atoms with Crippen molar-refractivity contribution in [2.45, 2.75) is 16.7 Å². The quantitative estimate of drug-likeness (QED) is 0.606. The summed E-state index contributed by atoms with van der Waals surface area (Å²) in [6.07, 6.45) is 5.47. The summed E-state index contributed by atoms with van der Waals surface area (Å²) in [5.74, 6) is -0.195. The van der Waals surface area contributed by atoms with Crippen LogP contribution < -0.4 is 10.0 Å². The molecule has 0 spiro atoms. The van der Waals surface area contributed by atoms with E-state index in [1.165, 1.54) is 0 Å². The summed E-state index contributed by atoms with van der Waals surface area (Å²) in [5, 5.41) is 3.99. The molecule has 0 unspecified atom stereocenters. The van der Waals surface area contributed by atoms with E-state index in [0.29, 0.717) is 30.9 Å². The van der Waals surface area contributed by atoms with Gasteiger partial charge in [0.15, 0.2) is 0 Å². The Balaban J connectivity index is 1.36. The zero-order valence-corrected chi connectivity index (χ0v) is 16.5. The van der Waals surface area contributed by atoms with Crippen molar-refractivity contribution in [3.8, 4) is 0 Å². The number of fused-ring (bicyclic) bond motifs is 1. The minimum atomic E-state index is -3.77. The second-order valence-electron chi connectivity index (χ2n) is 6.41. The maximum atomic E-state index is 12.7. The molecule has 0 saturated carbocycles. The van der Waals surface area contributed by atoms with Crippen LogP contribution in [0.3, 0.4) is 0 Å². The first-order valence-corrected chi connectivity index (χ1v) is 11.1. The molecule has 1 aliphatic rings. The molecule has 0 aliphatic carbocycles. The Hall–Kier alpha value is -2.56. The van der Waals surface area contributed by atoms with Gasteiger partial charge >= 0.3 is 0 Å². The molecule has 146 valence electrons. The number of hydrogen-bond acceptors (Lipinski definition) is 7. The predicted molar refractivity (Wildman–Crippen MR) is 108 cm³/mol. The molecule has 2 N–H and O–H groups in total. The number of sulfonamides is 1. The second kappa shape index (κ2) is 7.82. The summed E-state index contributed by atoms with van der Waals surface area (Å²) in [4.78, 5) is 23.0. The van der Waals surface area contributed by atoms with E-state index in [-0.39, 0.29) is 10.1 Å². The van der Waals surface area contributed by atoms with Crippen molar-refractivity contribution >= 4 is 43.2 Å². The average molecular weight is 418 g/mol. The molecule has 28 heavy (non-hydrogen) atoms. The topological polar surface area (TPSA) is 104 Å². The summed E-state index contributed by atoms with van der Waals surface area (Å²) in [6.45, 7) is 1.61. The maximum absolute atomic E-state index is 12.7. The van der Waals surface area contributed by atoms with Crippen molar-refractivity contribution in [2.75, 3.05) is 25.0 Å². The van der Waals surface area contributed by atoms with Gasteiger partial charge in [0.05, 0.1) is 0 Å². The van der Waals surface area contributed by atoms with Gasteiger partial charge in [-0.2, -0.15) is 4.72 Å². The molecule has 3 aromatic heterocycles. The third kappa shape index (κ3) is 3.98. The van der Waals surface area contributed by atoms with Gasteiger partial charge in [-0.1, -0.05) is 6.07 Å². The Morgan fingerprint density at radius 1 is 1.21 bits per heavy atom. The van der Waals surface area contributed by atoms with Gasteiger partial charge in [0.2, 0.25) is 5.91 Å². The molecule has 0 radical (unpaired) electrons. The van der Waals surface area contributed by atoms with Gasteiger partial charge in [0.25, 0.3) is 10.0 Å². The molecule has 1 fully saturated rings. The second-order valence-corrected chi connectivity index (χ2v) is 9.39. The van der Waals surface area contributed by atoms with Crippen LogP contribution in [0.2, 0.25) is 0 Å². The van der Waals surface area contributed by atoms with E-state index in [2.05, 4.69) is 20.0 Å². The van der Waals surface area contributed by atoms with Gasteiger partial charge in [0, 0.05) is 49.3 Å². The van der Waals surface area contributed by atoms with E-state index >= 15 is 0 Å². The fourth-order valence-corrected chi connectivity index (χ4v) is 5.65. The number of nitrogens with zero attached hydrogens (tertiary/aromatic N) is 3. The Morgan fingerprint density at radius 3 is 2.82 bits per heavy atom. The summed E-state index contributed by atoms with van der Waals surface area (Å²) >= 11 is 1.10. The molecule has 0 bridgehead atoms. The van der Waals surface area contributed by atoms with Crippen LogP contribution >= 0.6 is 11.3 Å². The fraction of sp³-hybridized carbons (Fsp3) is 0.278. The van der Waals surface area contributed by atoms with E-state index in [1.807, 2.05) is 18.2 Å². The molecular formula is C18H19N5O3S2. The van der Waals surface area contributed by atoms with Crippen molar-refractivity contribution in [2.24, 2.45) is 0 Å². The largest absolute Gasteiger partial charge is 0.383 e. The van der Waals surface area contributed by atoms with Gasteiger partial charge in [-0.25, -0.2) is 13.4 Å². The average Bonchev–Trinajstić information content (AvgIpc) is 3.28. The summed E-state index contributed by atoms with van der Waals surface area (Å²) < 4.78 is 28.1. The van der Waals surface area contributed by atoms with Crippen molar-refractivity contribution in [3.63, 3.8) is 0 Å². The lowest BCUT2D eigenvalue weighted by Crippen LogP contribution is -2.42. The molecule has 1 amide bonds. The van der Waals surface area contributed by atoms with E-state index in [0.717, 1.165) is 22.4 Å². The molecule has 10 heteroatoms. The predicted octanol–water partition coefficient (Wildman–Crippen LogP) is 1.68. The SMILES string of the molecule is O=C1[C@@H](NS(=O)(=O)c2cc3cccnc3s2)CCN1CCNc1ccncc1. The van der Waals surface area contributed by atoms with Crippen LogP contribution in [0.1, 0.15) is 6.42 Å². The first-order valence-electron chi connectivity index (χ1n) is 8.82. The Kier molecular flexibility index (Phi) is 5.25. The van der Waals surface area contributed by atoms with Crippen molar-refractivity contribution < 1.29 is 13.2 Å². The summed E-state index contributed by atoms with van der Waals surface area (Å²) in [5.41, 5.74) is 0.928. The van der Waals surface area contributed by atoms with Crippen LogP contribution in [0.25, 0.3) is 10.2 Å². The van der Waals surface area contributed by atoms with Crippen LogP contribution in [-0.2, 0) is 14.8 Å². The molecule has 1 saturated heterocycles. The van der Waals surface area contributed by atoms with Gasteiger partial charge in [-0.05, 0) is 30.7 Å². The minimum Gasteiger partial charge on any atom is -0.383 e. The lowest BCUT2D eigenvalue weighted by Gasteiger charge is -2.17. The van der Waals surface area contributed by atoms with Crippen molar-refractivity contribution in [1.29, 1.82) is 0 Å². The highest BCUT2D eigenvalue weighted by Gasteiger charge is 2.35. The van der Waals surface area contributed by atoms with Crippen LogP contribution in [0.15, 0.2) is 53.1 Å². The van der Waals surface area contributed by atoms with Gasteiger partial charge in [-0.15, -0.1) is 11.3 Å². The van der Waals surface area contributed by atoms with Crippen LogP contribution in [0, 0.1) is 0 Å². The van der Waals surface area contributed by atoms with Crippen LogP contribution in [0.5, 0.6) is 0 Å². The zero-order valence-electron chi connectivity index (χ0n) is 14.9. The highest BCUT2D eigenvalue weighted by Crippen LogP contribution is 2.27. The number of aromatic nitrogens is 2. The number of carbonyl (C=O) groups is 1. The Morgan fingerprint density at radius 2 is 2.04 bits per heavy atom. The monoisotopic (exact) mass is 417 g/mol. The molecular weight excluding hydrogens is 398 g/mol. The van der Waals surface area contributed by atoms with E-state index in [4.69, 9.17) is 0 Å². The van der Waals surface area contributed by atoms with Crippen molar-refractivity contribution in [1.82, 2.24) is 19.6 Å². The van der Waals surface area contributed by atoms with Crippen molar-refractivity contribution in [3.05, 3.63) is 48.9 Å². The molecule has 0 aromatic carbocycles. The smallest absolute Gasteiger partial charge is 0.250 e. The molecule has 1 aliphatic heterocycles. The maximum Gasteiger partial charge on any atom is 0.250 e. The lowest BCUT2D eigenvalue weighted by molar-refractivity contribution is -0.128. The van der Waals surface area contributed by atoms with Gasteiger partial charge in [-0.3, -0.25) is 9.78 Å². The molecule has 4 heterocycles. The minimum absolute atomic E-state index is 0.173. The zero-order chi connectivity index (χ0) is 19.6. The Labute approximate surface area is 166 Å². The van der Waals surface area contributed by atoms with Gasteiger partial charge in [0.1, 0.15) is 15.1 Å². The molecule has 3 aromatic rings. The van der Waals surface area contributed by atoms with E-state index in [9.17, 15) is 13.2 Å². The lowest BCUT2D eigenvalue weighted by atomic mass is 10.3. The first-order chi connectivity index (χ1) is 13.5. The molecule has 1 atom stereocenters. The molecule has 4 rings (SSSR count). The fourth-order valence-electron chi connectivity index (χ4n) is 3.10. The summed E-state index contributed by atoms with van der Waals surface area (Å²) in [7, 11) is -3.77. The number of hydrogen-bond donors (Lipinski definition) is 2. The number of amides is 1. The number of carbonyl (C=O) groups excluding carboxylic acids is 1. The third-order valence-corrected chi connectivity index (χ3v) is 7.53. The first kappa shape index (κ1) is 18.8. The van der Waals surface area contributed by atoms with E-state index in [1.54, 1.807) is 35.6 Å². The van der Waals surface area contributed by atoms with E-state index < -0.39 is 16.1 Å². The van der Waals surface area contributed by atoms with Gasteiger partial charge < -0.3 is 10.2 Å². The normalized spacial score (nSPS) is 17.4. The number of rotatable bonds is 7. The van der Waals surface area contributed by atoms with Crippen LogP contribution in [-0.4, -0.2) is 54.9 Å². The standard InChI is InChI=1S/C18H19N5O3S2/c24-18-15(5-10-23(18)11-9-20-14-3-7-19-8-4-14)22-28(25,26)16-12-13-2-1-6-21-17(13)27-16/h1-4,6-8,12,15,22H,5,9-11H2,(H,19,20)/t15-/m0/s1. The number of nitrogens with one attached hydrogen (secondary N) is 2. The molecule has 8 nitrogen and oxygen atoms in total. The number of likely N-dealkylation sites (tertiary alicyclic amines) is 1.